The van der Waals surface area contributed by atoms with E-state index >= 15 is 0 Å². The Labute approximate surface area is 167 Å². The Kier molecular flexibility index (Phi) is 4.70. The van der Waals surface area contributed by atoms with Gasteiger partial charge in [0.2, 0.25) is 0 Å². The van der Waals surface area contributed by atoms with E-state index < -0.39 is 0 Å². The summed E-state index contributed by atoms with van der Waals surface area (Å²) in [6.45, 7) is 2.15. The summed E-state index contributed by atoms with van der Waals surface area (Å²) in [6.07, 6.45) is 4.01. The third kappa shape index (κ3) is 3.41. The summed E-state index contributed by atoms with van der Waals surface area (Å²) >= 11 is 6.03. The van der Waals surface area contributed by atoms with Crippen LogP contribution in [-0.4, -0.2) is 15.6 Å². The Balaban J connectivity index is 1.77. The van der Waals surface area contributed by atoms with Gasteiger partial charge in [0.1, 0.15) is 16.8 Å². The van der Waals surface area contributed by atoms with E-state index in [4.69, 9.17) is 11.6 Å². The minimum atomic E-state index is -0.0496. The molecule has 0 amide bonds. The van der Waals surface area contributed by atoms with Gasteiger partial charge in [0.25, 0.3) is 5.56 Å². The average molecular weight is 394 g/mol. The molecule has 0 saturated heterocycles. The van der Waals surface area contributed by atoms with Gasteiger partial charge in [0, 0.05) is 42.1 Å². The van der Waals surface area contributed by atoms with Crippen LogP contribution in [-0.2, 0) is 7.05 Å². The van der Waals surface area contributed by atoms with Crippen LogP contribution < -0.4 is 16.2 Å². The number of rotatable bonds is 5. The van der Waals surface area contributed by atoms with Crippen molar-refractivity contribution < 1.29 is 0 Å². The van der Waals surface area contributed by atoms with Crippen LogP contribution in [0.4, 0.5) is 17.1 Å². The fraction of sp³-hybridized carbons (Fsp3) is 0.286. The summed E-state index contributed by atoms with van der Waals surface area (Å²) in [4.78, 5) is 16.3. The number of nitrogens with one attached hydrogen (secondary N) is 2. The molecule has 7 heteroatoms. The van der Waals surface area contributed by atoms with E-state index in [1.165, 1.54) is 12.8 Å². The Morgan fingerprint density at radius 1 is 1.29 bits per heavy atom. The van der Waals surface area contributed by atoms with Crippen LogP contribution in [0.2, 0.25) is 5.15 Å². The van der Waals surface area contributed by atoms with Crippen molar-refractivity contribution in [1.82, 2.24) is 9.55 Å². The van der Waals surface area contributed by atoms with E-state index in [1.54, 1.807) is 29.9 Å². The Hall–Kier alpha value is -3.04. The molecule has 1 saturated carbocycles. The summed E-state index contributed by atoms with van der Waals surface area (Å²) in [7, 11) is 1.77. The van der Waals surface area contributed by atoms with Gasteiger partial charge in [-0.3, -0.25) is 4.79 Å². The third-order valence-corrected chi connectivity index (χ3v) is 5.54. The second kappa shape index (κ2) is 7.17. The molecule has 2 aromatic heterocycles. The first kappa shape index (κ1) is 18.3. The molecular weight excluding hydrogens is 374 g/mol. The lowest BCUT2D eigenvalue weighted by Crippen LogP contribution is -2.22. The highest BCUT2D eigenvalue weighted by atomic mass is 35.5. The van der Waals surface area contributed by atoms with Gasteiger partial charge in [0.05, 0.1) is 11.2 Å². The number of nitrogens with zero attached hydrogens (tertiary/aromatic N) is 3. The van der Waals surface area contributed by atoms with Gasteiger partial charge in [-0.25, -0.2) is 4.98 Å². The van der Waals surface area contributed by atoms with Crippen LogP contribution in [0.25, 0.3) is 10.9 Å². The van der Waals surface area contributed by atoms with Gasteiger partial charge in [-0.15, -0.1) is 0 Å². The predicted molar refractivity (Wildman–Crippen MR) is 112 cm³/mol. The molecule has 142 valence electrons. The monoisotopic (exact) mass is 393 g/mol. The zero-order valence-electron chi connectivity index (χ0n) is 15.7. The van der Waals surface area contributed by atoms with Crippen molar-refractivity contribution >= 4 is 39.6 Å². The zero-order valence-corrected chi connectivity index (χ0v) is 16.4. The number of halogens is 1. The molecule has 0 aliphatic heterocycles. The molecular formula is C21H20ClN5O. The summed E-state index contributed by atoms with van der Waals surface area (Å²) in [6, 6.07) is 11.5. The maximum absolute atomic E-state index is 12.4. The number of aryl methyl sites for hydroxylation is 1. The number of hydrogen-bond donors (Lipinski definition) is 2. The molecule has 0 spiro atoms. The first-order valence-corrected chi connectivity index (χ1v) is 9.57. The highest BCUT2D eigenvalue weighted by Gasteiger charge is 2.28. The van der Waals surface area contributed by atoms with Gasteiger partial charge in [-0.1, -0.05) is 11.6 Å². The van der Waals surface area contributed by atoms with Gasteiger partial charge in [-0.2, -0.15) is 5.26 Å². The summed E-state index contributed by atoms with van der Waals surface area (Å²) < 4.78 is 1.64. The summed E-state index contributed by atoms with van der Waals surface area (Å²) in [5, 5.41) is 17.2. The lowest BCUT2D eigenvalue weighted by Gasteiger charge is -2.18. The molecule has 6 nitrogen and oxygen atoms in total. The second-order valence-corrected chi connectivity index (χ2v) is 7.58. The molecule has 0 unspecified atom stereocenters. The Morgan fingerprint density at radius 2 is 2.07 bits per heavy atom. The molecule has 1 fully saturated rings. The number of benzene rings is 1. The van der Waals surface area contributed by atoms with Crippen molar-refractivity contribution in [3.05, 3.63) is 57.6 Å². The van der Waals surface area contributed by atoms with E-state index in [1.807, 2.05) is 18.2 Å². The van der Waals surface area contributed by atoms with Crippen LogP contribution in [0.1, 0.15) is 25.3 Å². The largest absolute Gasteiger partial charge is 0.382 e. The van der Waals surface area contributed by atoms with Crippen LogP contribution >= 0.6 is 11.6 Å². The van der Waals surface area contributed by atoms with E-state index in [0.717, 1.165) is 22.3 Å². The first-order chi connectivity index (χ1) is 13.5. The summed E-state index contributed by atoms with van der Waals surface area (Å²) in [5.74, 6) is 0.664. The molecule has 3 aromatic rings. The SMILES string of the molecule is C[C@@H](Nc1cc(=O)n(C)c2ccc(Nc3ccnc(Cl)c3C#N)cc12)C1CC1. The molecule has 1 aliphatic rings. The molecule has 0 bridgehead atoms. The van der Waals surface area contributed by atoms with Crippen LogP contribution in [0.5, 0.6) is 0 Å². The van der Waals surface area contributed by atoms with Crippen molar-refractivity contribution in [2.75, 3.05) is 10.6 Å². The fourth-order valence-corrected chi connectivity index (χ4v) is 3.62. The number of fused-ring (bicyclic) bond motifs is 1. The smallest absolute Gasteiger partial charge is 0.252 e. The van der Waals surface area contributed by atoms with E-state index in [0.29, 0.717) is 23.2 Å². The van der Waals surface area contributed by atoms with E-state index in [-0.39, 0.29) is 10.7 Å². The van der Waals surface area contributed by atoms with Crippen molar-refractivity contribution in [3.8, 4) is 6.07 Å². The first-order valence-electron chi connectivity index (χ1n) is 9.20. The molecule has 1 atom stereocenters. The molecule has 1 aliphatic carbocycles. The van der Waals surface area contributed by atoms with Crippen molar-refractivity contribution in [2.45, 2.75) is 25.8 Å². The molecule has 2 N–H and O–H groups in total. The normalized spacial score (nSPS) is 14.5. The van der Waals surface area contributed by atoms with Crippen molar-refractivity contribution in [2.24, 2.45) is 13.0 Å². The Morgan fingerprint density at radius 3 is 2.79 bits per heavy atom. The molecule has 2 heterocycles. The second-order valence-electron chi connectivity index (χ2n) is 7.22. The van der Waals surface area contributed by atoms with Crippen LogP contribution in [0.3, 0.4) is 0 Å². The van der Waals surface area contributed by atoms with Gasteiger partial charge in [0.15, 0.2) is 0 Å². The highest BCUT2D eigenvalue weighted by Crippen LogP contribution is 2.35. The molecule has 4 rings (SSSR count). The average Bonchev–Trinajstić information content (AvgIpc) is 3.51. The van der Waals surface area contributed by atoms with Crippen molar-refractivity contribution in [1.29, 1.82) is 5.26 Å². The van der Waals surface area contributed by atoms with Gasteiger partial charge in [-0.05, 0) is 49.9 Å². The maximum atomic E-state index is 12.4. The Bertz CT molecular complexity index is 1160. The highest BCUT2D eigenvalue weighted by molar-refractivity contribution is 6.31. The van der Waals surface area contributed by atoms with Crippen LogP contribution in [0.15, 0.2) is 41.3 Å². The number of anilines is 3. The number of pyridine rings is 2. The lowest BCUT2D eigenvalue weighted by atomic mass is 10.1. The standard InChI is InChI=1S/C21H20ClN5O/c1-12(13-3-4-13)25-18-10-20(28)27(2)19-6-5-14(9-15(18)19)26-17-7-8-24-21(22)16(17)11-23/h5-10,12-13,25H,3-4H2,1-2H3,(H,24,26)/t12-/m1/s1. The van der Waals surface area contributed by atoms with E-state index in [9.17, 15) is 10.1 Å². The lowest BCUT2D eigenvalue weighted by molar-refractivity contribution is 0.694. The molecule has 0 radical (unpaired) electrons. The van der Waals surface area contributed by atoms with Gasteiger partial charge >= 0.3 is 0 Å². The number of hydrogen-bond acceptors (Lipinski definition) is 5. The maximum Gasteiger partial charge on any atom is 0.252 e. The topological polar surface area (TPSA) is 82.7 Å². The third-order valence-electron chi connectivity index (χ3n) is 5.25. The van der Waals surface area contributed by atoms with Gasteiger partial charge < -0.3 is 15.2 Å². The quantitative estimate of drug-likeness (QED) is 0.627. The number of nitriles is 1. The van der Waals surface area contributed by atoms with Crippen molar-refractivity contribution in [3.63, 3.8) is 0 Å². The minimum Gasteiger partial charge on any atom is -0.382 e. The zero-order chi connectivity index (χ0) is 19.8. The molecule has 1 aromatic carbocycles. The van der Waals surface area contributed by atoms with Crippen LogP contribution in [0, 0.1) is 17.2 Å². The van der Waals surface area contributed by atoms with E-state index in [2.05, 4.69) is 28.6 Å². The number of aromatic nitrogens is 2. The minimum absolute atomic E-state index is 0.0496. The molecule has 28 heavy (non-hydrogen) atoms. The fourth-order valence-electron chi connectivity index (χ4n) is 3.42. The summed E-state index contributed by atoms with van der Waals surface area (Å²) in [5.41, 5.74) is 3.31. The predicted octanol–water partition coefficient (Wildman–Crippen LogP) is 4.41.